The van der Waals surface area contributed by atoms with Crippen molar-refractivity contribution in [2.24, 2.45) is 5.73 Å². The molecule has 0 fully saturated rings. The van der Waals surface area contributed by atoms with Gasteiger partial charge in [0.2, 0.25) is 5.91 Å². The van der Waals surface area contributed by atoms with Gasteiger partial charge in [-0.15, -0.1) is 0 Å². The average molecular weight is 280 g/mol. The minimum Gasteiger partial charge on any atom is -0.390 e. The first-order chi connectivity index (χ1) is 9.40. The Kier molecular flexibility index (Phi) is 3.63. The Morgan fingerprint density at radius 3 is 2.80 bits per heavy atom. The number of nitro groups is 1. The Balaban J connectivity index is 2.44. The molecule has 0 radical (unpaired) electrons. The summed E-state index contributed by atoms with van der Waals surface area (Å²) in [4.78, 5) is 21.1. The van der Waals surface area contributed by atoms with Crippen molar-refractivity contribution in [1.29, 1.82) is 0 Å². The van der Waals surface area contributed by atoms with E-state index in [0.717, 1.165) is 6.07 Å². The Labute approximate surface area is 112 Å². The molecule has 0 spiro atoms. The second-order valence-electron chi connectivity index (χ2n) is 4.31. The van der Waals surface area contributed by atoms with E-state index in [-0.39, 0.29) is 16.6 Å². The molecule has 2 atom stereocenters. The number of carbonyl (C=O) groups excluding carboxylic acids is 1. The number of carbonyl (C=O) groups is 1. The zero-order chi connectivity index (χ0) is 14.9. The molecule has 0 saturated carbocycles. The van der Waals surface area contributed by atoms with Crippen LogP contribution >= 0.6 is 0 Å². The SMILES string of the molecule is NC(=O)CC(O)C(O)c1cc([N+](=O)[O-])c2cn[nH]c2c1. The van der Waals surface area contributed by atoms with Crippen LogP contribution in [0.5, 0.6) is 0 Å². The maximum Gasteiger partial charge on any atom is 0.280 e. The van der Waals surface area contributed by atoms with Crippen LogP contribution in [0.3, 0.4) is 0 Å². The van der Waals surface area contributed by atoms with Crippen LogP contribution in [0.15, 0.2) is 18.3 Å². The van der Waals surface area contributed by atoms with Crippen LogP contribution in [0.4, 0.5) is 5.69 Å². The van der Waals surface area contributed by atoms with Gasteiger partial charge in [0.05, 0.1) is 34.5 Å². The van der Waals surface area contributed by atoms with E-state index in [1.54, 1.807) is 0 Å². The molecule has 1 aromatic carbocycles. The number of aliphatic hydroxyl groups is 2. The topological polar surface area (TPSA) is 155 Å². The molecule has 0 aliphatic heterocycles. The third kappa shape index (κ3) is 2.58. The van der Waals surface area contributed by atoms with Crippen LogP contribution in [0, 0.1) is 10.1 Å². The number of benzene rings is 1. The third-order valence-corrected chi connectivity index (χ3v) is 2.87. The van der Waals surface area contributed by atoms with Crippen molar-refractivity contribution in [2.75, 3.05) is 0 Å². The van der Waals surface area contributed by atoms with Gasteiger partial charge < -0.3 is 15.9 Å². The van der Waals surface area contributed by atoms with Crippen LogP contribution in [0.2, 0.25) is 0 Å². The molecule has 0 saturated heterocycles. The number of hydrogen-bond acceptors (Lipinski definition) is 6. The monoisotopic (exact) mass is 280 g/mol. The van der Waals surface area contributed by atoms with Crippen LogP contribution in [-0.4, -0.2) is 37.3 Å². The Morgan fingerprint density at radius 1 is 1.50 bits per heavy atom. The minimum atomic E-state index is -1.46. The van der Waals surface area contributed by atoms with Gasteiger partial charge in [-0.2, -0.15) is 5.10 Å². The molecule has 106 valence electrons. The van der Waals surface area contributed by atoms with Gasteiger partial charge in [-0.25, -0.2) is 0 Å². The highest BCUT2D eigenvalue weighted by molar-refractivity contribution is 5.88. The van der Waals surface area contributed by atoms with Crippen molar-refractivity contribution in [3.8, 4) is 0 Å². The Morgan fingerprint density at radius 2 is 2.20 bits per heavy atom. The summed E-state index contributed by atoms with van der Waals surface area (Å²) in [5, 5.41) is 37.1. The highest BCUT2D eigenvalue weighted by Crippen LogP contribution is 2.30. The summed E-state index contributed by atoms with van der Waals surface area (Å²) in [5.41, 5.74) is 5.12. The number of nitrogens with zero attached hydrogens (tertiary/aromatic N) is 2. The highest BCUT2D eigenvalue weighted by Gasteiger charge is 2.24. The van der Waals surface area contributed by atoms with Gasteiger partial charge in [0.1, 0.15) is 6.10 Å². The van der Waals surface area contributed by atoms with Crippen molar-refractivity contribution < 1.29 is 19.9 Å². The summed E-state index contributed by atoms with van der Waals surface area (Å²) in [5.74, 6) is -0.784. The normalized spacial score (nSPS) is 14.1. The lowest BCUT2D eigenvalue weighted by Gasteiger charge is -2.16. The number of fused-ring (bicyclic) bond motifs is 1. The lowest BCUT2D eigenvalue weighted by atomic mass is 10.00. The van der Waals surface area contributed by atoms with Crippen molar-refractivity contribution >= 4 is 22.5 Å². The summed E-state index contributed by atoms with van der Waals surface area (Å²) < 4.78 is 0. The summed E-state index contributed by atoms with van der Waals surface area (Å²) in [6, 6.07) is 2.55. The maximum atomic E-state index is 11.0. The minimum absolute atomic E-state index is 0.0993. The van der Waals surface area contributed by atoms with Crippen LogP contribution in [-0.2, 0) is 4.79 Å². The fraction of sp³-hybridized carbons (Fsp3) is 0.273. The van der Waals surface area contributed by atoms with Crippen LogP contribution < -0.4 is 5.73 Å². The van der Waals surface area contributed by atoms with Crippen molar-refractivity contribution in [3.05, 3.63) is 34.0 Å². The molecule has 9 heteroatoms. The van der Waals surface area contributed by atoms with Gasteiger partial charge in [-0.1, -0.05) is 0 Å². The number of rotatable bonds is 5. The number of nitrogens with one attached hydrogen (secondary N) is 1. The van der Waals surface area contributed by atoms with E-state index in [4.69, 9.17) is 5.73 Å². The van der Waals surface area contributed by atoms with Gasteiger partial charge >= 0.3 is 0 Å². The second-order valence-corrected chi connectivity index (χ2v) is 4.31. The molecule has 20 heavy (non-hydrogen) atoms. The zero-order valence-electron chi connectivity index (χ0n) is 10.2. The number of amides is 1. The van der Waals surface area contributed by atoms with Gasteiger partial charge in [0.15, 0.2) is 0 Å². The van der Waals surface area contributed by atoms with E-state index < -0.39 is 29.5 Å². The smallest absolute Gasteiger partial charge is 0.280 e. The van der Waals surface area contributed by atoms with E-state index in [9.17, 15) is 25.1 Å². The number of hydrogen-bond donors (Lipinski definition) is 4. The number of aliphatic hydroxyl groups excluding tert-OH is 2. The first-order valence-electron chi connectivity index (χ1n) is 5.66. The van der Waals surface area contributed by atoms with Crippen LogP contribution in [0.25, 0.3) is 10.9 Å². The lowest BCUT2D eigenvalue weighted by Crippen LogP contribution is -2.25. The molecule has 1 aromatic heterocycles. The first kappa shape index (κ1) is 13.9. The van der Waals surface area contributed by atoms with Gasteiger partial charge in [0, 0.05) is 6.07 Å². The first-order valence-corrected chi connectivity index (χ1v) is 5.66. The van der Waals surface area contributed by atoms with E-state index in [1.807, 2.05) is 0 Å². The quantitative estimate of drug-likeness (QED) is 0.436. The maximum absolute atomic E-state index is 11.0. The van der Waals surface area contributed by atoms with Crippen molar-refractivity contribution in [3.63, 3.8) is 0 Å². The molecule has 2 unspecified atom stereocenters. The van der Waals surface area contributed by atoms with Gasteiger partial charge in [-0.05, 0) is 11.6 Å². The molecule has 1 heterocycles. The van der Waals surface area contributed by atoms with Crippen LogP contribution in [0.1, 0.15) is 18.1 Å². The Hall–Kier alpha value is -2.52. The molecule has 5 N–H and O–H groups in total. The van der Waals surface area contributed by atoms with Gasteiger partial charge in [0.25, 0.3) is 5.69 Å². The number of H-pyrrole nitrogens is 1. The predicted molar refractivity (Wildman–Crippen MR) is 67.5 cm³/mol. The fourth-order valence-electron chi connectivity index (χ4n) is 1.92. The standard InChI is InChI=1S/C11H12N4O5/c12-10(17)3-9(16)11(18)5-1-7-6(4-13-14-7)8(2-5)15(19)20/h1-2,4,9,11,16,18H,3H2,(H2,12,17)(H,13,14). The number of aromatic nitrogens is 2. The van der Waals surface area contributed by atoms with E-state index >= 15 is 0 Å². The average Bonchev–Trinajstić information content (AvgIpc) is 2.83. The number of nitro benzene ring substituents is 1. The molecule has 2 aromatic rings. The fourth-order valence-corrected chi connectivity index (χ4v) is 1.92. The second kappa shape index (κ2) is 5.23. The molecule has 0 aliphatic carbocycles. The molecule has 0 aliphatic rings. The van der Waals surface area contributed by atoms with Crippen molar-refractivity contribution in [2.45, 2.75) is 18.6 Å². The Bertz CT molecular complexity index is 668. The molecule has 2 rings (SSSR count). The predicted octanol–water partition coefficient (Wildman–Crippen LogP) is -0.259. The van der Waals surface area contributed by atoms with E-state index in [0.29, 0.717) is 5.52 Å². The molecular weight excluding hydrogens is 268 g/mol. The number of non-ortho nitro benzene ring substituents is 1. The third-order valence-electron chi connectivity index (χ3n) is 2.87. The summed E-state index contributed by atoms with van der Waals surface area (Å²) in [6.45, 7) is 0. The number of aromatic amines is 1. The molecule has 9 nitrogen and oxygen atoms in total. The number of nitrogens with two attached hydrogens (primary N) is 1. The molecular formula is C11H12N4O5. The zero-order valence-corrected chi connectivity index (χ0v) is 10.2. The summed E-state index contributed by atoms with van der Waals surface area (Å²) >= 11 is 0. The molecule has 1 amide bonds. The highest BCUT2D eigenvalue weighted by atomic mass is 16.6. The summed E-state index contributed by atoms with van der Waals surface area (Å²) in [7, 11) is 0. The largest absolute Gasteiger partial charge is 0.390 e. The summed E-state index contributed by atoms with van der Waals surface area (Å²) in [6.07, 6.45) is -2.05. The number of primary amides is 1. The molecule has 0 bridgehead atoms. The lowest BCUT2D eigenvalue weighted by molar-refractivity contribution is -0.383. The van der Waals surface area contributed by atoms with Gasteiger partial charge in [-0.3, -0.25) is 20.0 Å². The van der Waals surface area contributed by atoms with E-state index in [1.165, 1.54) is 12.3 Å². The van der Waals surface area contributed by atoms with E-state index in [2.05, 4.69) is 10.2 Å². The van der Waals surface area contributed by atoms with Crippen molar-refractivity contribution in [1.82, 2.24) is 10.2 Å².